The second-order valence-electron chi connectivity index (χ2n) is 6.27. The quantitative estimate of drug-likeness (QED) is 0.464. The number of hydrazone groups is 1. The first-order valence-electron chi connectivity index (χ1n) is 9.29. The fraction of sp³-hybridized carbons (Fsp3) is 0.286. The number of hydrogen-bond acceptors (Lipinski definition) is 5. The van der Waals surface area contributed by atoms with Crippen molar-refractivity contribution in [2.75, 3.05) is 13.7 Å². The lowest BCUT2D eigenvalue weighted by Crippen LogP contribution is -2.17. The molecule has 152 valence electrons. The first-order valence-corrected chi connectivity index (χ1v) is 9.66. The molecule has 0 aliphatic heterocycles. The summed E-state index contributed by atoms with van der Waals surface area (Å²) in [6.45, 7) is 7.17. The molecule has 0 aliphatic rings. The summed E-state index contributed by atoms with van der Waals surface area (Å²) in [6.07, 6.45) is 1.50. The molecular weight excluding hydrogens is 392 g/mol. The SMILES string of the molecule is CCOc1c(Cl)cc(/C=N\NC(=O)c2ccc3c(c2)nc(C)n3CC)cc1OC. The number of aromatic nitrogens is 2. The molecule has 0 saturated heterocycles. The van der Waals surface area contributed by atoms with Gasteiger partial charge in [-0.2, -0.15) is 5.10 Å². The molecule has 3 aromatic rings. The number of halogens is 1. The van der Waals surface area contributed by atoms with Crippen LogP contribution in [0.2, 0.25) is 5.02 Å². The van der Waals surface area contributed by atoms with E-state index < -0.39 is 0 Å². The van der Waals surface area contributed by atoms with Gasteiger partial charge >= 0.3 is 0 Å². The summed E-state index contributed by atoms with van der Waals surface area (Å²) in [4.78, 5) is 17.0. The Bertz CT molecular complexity index is 1080. The Morgan fingerprint density at radius 1 is 1.31 bits per heavy atom. The van der Waals surface area contributed by atoms with Crippen molar-refractivity contribution in [2.24, 2.45) is 5.10 Å². The molecule has 0 radical (unpaired) electrons. The molecule has 2 aromatic carbocycles. The number of benzene rings is 2. The number of carbonyl (C=O) groups excluding carboxylic acids is 1. The topological polar surface area (TPSA) is 77.7 Å². The number of imidazole rings is 1. The van der Waals surface area contributed by atoms with Crippen LogP contribution < -0.4 is 14.9 Å². The largest absolute Gasteiger partial charge is 0.493 e. The van der Waals surface area contributed by atoms with Gasteiger partial charge in [-0.3, -0.25) is 4.79 Å². The number of rotatable bonds is 7. The van der Waals surface area contributed by atoms with E-state index in [0.29, 0.717) is 34.3 Å². The summed E-state index contributed by atoms with van der Waals surface area (Å²) < 4.78 is 12.9. The molecule has 1 heterocycles. The lowest BCUT2D eigenvalue weighted by atomic mass is 10.2. The molecule has 0 bridgehead atoms. The number of aryl methyl sites for hydroxylation is 2. The van der Waals surface area contributed by atoms with E-state index in [2.05, 4.69) is 27.0 Å². The highest BCUT2D eigenvalue weighted by Gasteiger charge is 2.12. The van der Waals surface area contributed by atoms with Gasteiger partial charge in [-0.25, -0.2) is 10.4 Å². The molecule has 1 N–H and O–H groups in total. The monoisotopic (exact) mass is 414 g/mol. The third-order valence-corrected chi connectivity index (χ3v) is 4.72. The van der Waals surface area contributed by atoms with Gasteiger partial charge in [0.25, 0.3) is 5.91 Å². The summed E-state index contributed by atoms with van der Waals surface area (Å²) >= 11 is 6.25. The fourth-order valence-electron chi connectivity index (χ4n) is 3.12. The first-order chi connectivity index (χ1) is 14.0. The number of methoxy groups -OCH3 is 1. The van der Waals surface area contributed by atoms with E-state index in [1.165, 1.54) is 13.3 Å². The smallest absolute Gasteiger partial charge is 0.271 e. The molecule has 29 heavy (non-hydrogen) atoms. The van der Waals surface area contributed by atoms with Crippen molar-refractivity contribution < 1.29 is 14.3 Å². The Kier molecular flexibility index (Phi) is 6.39. The molecule has 8 heteroatoms. The van der Waals surface area contributed by atoms with Crippen molar-refractivity contribution in [3.05, 3.63) is 52.3 Å². The Labute approximate surface area is 174 Å². The van der Waals surface area contributed by atoms with E-state index in [0.717, 1.165) is 23.4 Å². The van der Waals surface area contributed by atoms with Crippen LogP contribution in [-0.4, -0.2) is 35.4 Å². The summed E-state index contributed by atoms with van der Waals surface area (Å²) in [5.41, 5.74) is 5.46. The predicted molar refractivity (Wildman–Crippen MR) is 114 cm³/mol. The average molecular weight is 415 g/mol. The number of ether oxygens (including phenoxy) is 2. The van der Waals surface area contributed by atoms with Crippen LogP contribution in [0.4, 0.5) is 0 Å². The van der Waals surface area contributed by atoms with Gasteiger partial charge < -0.3 is 14.0 Å². The maximum Gasteiger partial charge on any atom is 0.271 e. The zero-order valence-corrected chi connectivity index (χ0v) is 17.6. The van der Waals surface area contributed by atoms with Crippen LogP contribution in [0.15, 0.2) is 35.4 Å². The van der Waals surface area contributed by atoms with Gasteiger partial charge in [0.15, 0.2) is 11.5 Å². The minimum Gasteiger partial charge on any atom is -0.493 e. The molecular formula is C21H23ClN4O3. The average Bonchev–Trinajstić information content (AvgIpc) is 3.03. The van der Waals surface area contributed by atoms with Gasteiger partial charge in [0.2, 0.25) is 0 Å². The minimum atomic E-state index is -0.323. The minimum absolute atomic E-state index is 0.323. The first kappa shape index (κ1) is 20.7. The van der Waals surface area contributed by atoms with E-state index in [-0.39, 0.29) is 5.91 Å². The van der Waals surface area contributed by atoms with Gasteiger partial charge in [0.1, 0.15) is 5.82 Å². The normalized spacial score (nSPS) is 11.2. The van der Waals surface area contributed by atoms with Crippen molar-refractivity contribution in [3.63, 3.8) is 0 Å². The number of hydrogen-bond donors (Lipinski definition) is 1. The van der Waals surface area contributed by atoms with Crippen LogP contribution in [0.1, 0.15) is 35.6 Å². The molecule has 0 unspecified atom stereocenters. The number of fused-ring (bicyclic) bond motifs is 1. The molecule has 1 aromatic heterocycles. The molecule has 0 fully saturated rings. The molecule has 7 nitrogen and oxygen atoms in total. The summed E-state index contributed by atoms with van der Waals surface area (Å²) in [6, 6.07) is 8.84. The van der Waals surface area contributed by atoms with Crippen LogP contribution in [0.25, 0.3) is 11.0 Å². The maximum absolute atomic E-state index is 12.4. The molecule has 0 aliphatic carbocycles. The van der Waals surface area contributed by atoms with E-state index in [1.54, 1.807) is 24.3 Å². The zero-order valence-electron chi connectivity index (χ0n) is 16.8. The highest BCUT2D eigenvalue weighted by molar-refractivity contribution is 6.32. The lowest BCUT2D eigenvalue weighted by Gasteiger charge is -2.11. The molecule has 1 amide bonds. The van der Waals surface area contributed by atoms with Gasteiger partial charge in [0, 0.05) is 12.1 Å². The molecule has 0 spiro atoms. The number of carbonyl (C=O) groups is 1. The standard InChI is InChI=1S/C21H23ClN4O3/c1-5-26-13(3)24-17-11-15(7-8-18(17)26)21(27)25-23-12-14-9-16(22)20(29-6-2)19(10-14)28-4/h7-12H,5-6H2,1-4H3,(H,25,27)/b23-12-. The Morgan fingerprint density at radius 2 is 2.10 bits per heavy atom. The third kappa shape index (κ3) is 4.35. The van der Waals surface area contributed by atoms with Crippen molar-refractivity contribution in [2.45, 2.75) is 27.3 Å². The second kappa shape index (κ2) is 8.96. The van der Waals surface area contributed by atoms with E-state index in [9.17, 15) is 4.79 Å². The Morgan fingerprint density at radius 3 is 2.79 bits per heavy atom. The molecule has 3 rings (SSSR count). The second-order valence-corrected chi connectivity index (χ2v) is 6.68. The lowest BCUT2D eigenvalue weighted by molar-refractivity contribution is 0.0955. The van der Waals surface area contributed by atoms with Crippen LogP contribution in [-0.2, 0) is 6.54 Å². The molecule has 0 saturated carbocycles. The van der Waals surface area contributed by atoms with Gasteiger partial charge in [-0.1, -0.05) is 11.6 Å². The highest BCUT2D eigenvalue weighted by Crippen LogP contribution is 2.35. The number of amides is 1. The predicted octanol–water partition coefficient (Wildman–Crippen LogP) is 4.19. The fourth-order valence-corrected chi connectivity index (χ4v) is 3.39. The van der Waals surface area contributed by atoms with Crippen molar-refractivity contribution in [1.29, 1.82) is 0 Å². The van der Waals surface area contributed by atoms with Gasteiger partial charge in [-0.05, 0) is 56.7 Å². The van der Waals surface area contributed by atoms with Crippen molar-refractivity contribution >= 4 is 34.8 Å². The van der Waals surface area contributed by atoms with Gasteiger partial charge in [0.05, 0.1) is 36.0 Å². The Hall–Kier alpha value is -3.06. The van der Waals surface area contributed by atoms with Crippen LogP contribution in [0.5, 0.6) is 11.5 Å². The van der Waals surface area contributed by atoms with E-state index in [1.807, 2.05) is 19.9 Å². The van der Waals surface area contributed by atoms with Crippen LogP contribution in [0, 0.1) is 6.92 Å². The summed E-state index contributed by atoms with van der Waals surface area (Å²) in [5.74, 6) is 1.57. The van der Waals surface area contributed by atoms with Crippen LogP contribution in [0.3, 0.4) is 0 Å². The van der Waals surface area contributed by atoms with Gasteiger partial charge in [-0.15, -0.1) is 0 Å². The van der Waals surface area contributed by atoms with Crippen molar-refractivity contribution in [1.82, 2.24) is 15.0 Å². The van der Waals surface area contributed by atoms with E-state index >= 15 is 0 Å². The van der Waals surface area contributed by atoms with E-state index in [4.69, 9.17) is 21.1 Å². The zero-order chi connectivity index (χ0) is 21.0. The summed E-state index contributed by atoms with van der Waals surface area (Å²) in [7, 11) is 1.54. The number of nitrogens with one attached hydrogen (secondary N) is 1. The number of nitrogens with zero attached hydrogens (tertiary/aromatic N) is 3. The third-order valence-electron chi connectivity index (χ3n) is 4.44. The van der Waals surface area contributed by atoms with Crippen molar-refractivity contribution in [3.8, 4) is 11.5 Å². The summed E-state index contributed by atoms with van der Waals surface area (Å²) in [5, 5.41) is 4.43. The maximum atomic E-state index is 12.4. The highest BCUT2D eigenvalue weighted by atomic mass is 35.5. The van der Waals surface area contributed by atoms with Crippen LogP contribution >= 0.6 is 11.6 Å². The molecule has 0 atom stereocenters. The Balaban J connectivity index is 1.76.